The molecule has 12 heteroatoms. The van der Waals surface area contributed by atoms with E-state index in [0.717, 1.165) is 16.9 Å². The number of rotatable bonds is 11. The first-order chi connectivity index (χ1) is 16.3. The van der Waals surface area contributed by atoms with E-state index in [1.807, 2.05) is 6.07 Å². The van der Waals surface area contributed by atoms with Crippen LogP contribution in [0.5, 0.6) is 22.3 Å². The third-order valence-electron chi connectivity index (χ3n) is 4.63. The fourth-order valence-corrected chi connectivity index (χ4v) is 3.95. The Morgan fingerprint density at radius 3 is 2.26 bits per heavy atom. The van der Waals surface area contributed by atoms with Crippen molar-refractivity contribution in [3.8, 4) is 28.4 Å². The van der Waals surface area contributed by atoms with Crippen LogP contribution in [0.1, 0.15) is 23.3 Å². The first kappa shape index (κ1) is 31.8. The lowest BCUT2D eigenvalue weighted by molar-refractivity contribution is -0.119. The van der Waals surface area contributed by atoms with Gasteiger partial charge in [-0.3, -0.25) is 4.79 Å². The number of hydrogen-bond donors (Lipinski definition) is 4. The molecule has 0 aliphatic carbocycles. The van der Waals surface area contributed by atoms with Crippen LogP contribution in [0.25, 0.3) is 6.08 Å². The number of allylic oxidation sites excluding steroid dienone is 1. The molecule has 0 radical (unpaired) electrons. The number of methoxy groups -OCH3 is 4. The van der Waals surface area contributed by atoms with E-state index in [9.17, 15) is 10.1 Å². The van der Waals surface area contributed by atoms with Crippen molar-refractivity contribution in [3.63, 3.8) is 0 Å². The number of nitrogens with zero attached hydrogens (tertiary/aromatic N) is 1. The topological polar surface area (TPSA) is 182 Å². The third-order valence-corrected chi connectivity index (χ3v) is 5.74. The van der Waals surface area contributed by atoms with E-state index >= 15 is 0 Å². The minimum atomic E-state index is -0.520. The highest BCUT2D eigenvalue weighted by Gasteiger charge is 2.21. The van der Waals surface area contributed by atoms with E-state index in [1.54, 1.807) is 46.6 Å². The smallest absolute Gasteiger partial charge is 0.234 e. The Morgan fingerprint density at radius 2 is 1.80 bits per heavy atom. The number of thiophene rings is 1. The number of carbonyl (C=O) groups excluding carboxylic acids is 1. The second kappa shape index (κ2) is 16.5. The quantitative estimate of drug-likeness (QED) is 0.252. The molecule has 0 aliphatic rings. The molecule has 0 saturated heterocycles. The maximum atomic E-state index is 10.3. The molecule has 1 amide bonds. The largest absolute Gasteiger partial charge is 0.495 e. The van der Waals surface area contributed by atoms with Gasteiger partial charge in [0.2, 0.25) is 16.7 Å². The molecule has 1 heterocycles. The SMILES string of the molecule is COc1ccc(/C=C(/C#N)Cc2sc(OC)c(OC)c2OC)cc1N.Cl.NCCC[C@H](N)C(N)=O. The summed E-state index contributed by atoms with van der Waals surface area (Å²) in [4.78, 5) is 11.1. The minimum absolute atomic E-state index is 0. The zero-order valence-electron chi connectivity index (χ0n) is 20.3. The summed E-state index contributed by atoms with van der Waals surface area (Å²) in [5.41, 5.74) is 23.1. The van der Waals surface area contributed by atoms with Crippen LogP contribution >= 0.6 is 23.7 Å². The van der Waals surface area contributed by atoms with Gasteiger partial charge in [-0.25, -0.2) is 0 Å². The van der Waals surface area contributed by atoms with Crippen molar-refractivity contribution in [2.75, 3.05) is 40.7 Å². The molecule has 1 atom stereocenters. The lowest BCUT2D eigenvalue weighted by atomic mass is 10.1. The van der Waals surface area contributed by atoms with Gasteiger partial charge in [0.25, 0.3) is 0 Å². The van der Waals surface area contributed by atoms with Crippen LogP contribution in [-0.4, -0.2) is 46.9 Å². The van der Waals surface area contributed by atoms with E-state index < -0.39 is 11.9 Å². The van der Waals surface area contributed by atoms with E-state index in [-0.39, 0.29) is 12.4 Å². The molecular formula is C23H34ClN5O5S. The number of carbonyl (C=O) groups is 1. The average molecular weight is 528 g/mol. The van der Waals surface area contributed by atoms with Gasteiger partial charge in [-0.15, -0.1) is 12.4 Å². The predicted molar refractivity (Wildman–Crippen MR) is 141 cm³/mol. The molecular weight excluding hydrogens is 494 g/mol. The van der Waals surface area contributed by atoms with Gasteiger partial charge in [0, 0.05) is 12.0 Å². The van der Waals surface area contributed by atoms with Gasteiger partial charge in [0.05, 0.1) is 51.1 Å². The molecule has 2 rings (SSSR count). The average Bonchev–Trinajstić information content (AvgIpc) is 3.18. The lowest BCUT2D eigenvalue weighted by Crippen LogP contribution is -2.36. The number of anilines is 1. The standard InChI is InChI=1S/C18H20N2O4S.C5H13N3O.ClH/c1-21-14-6-5-11(8-13(14)20)7-12(10-19)9-15-16(22-2)17(23-3)18(24-4)25-15;6-3-1-2-4(7)5(8)9;/h5-8H,9,20H2,1-4H3;4H,1-3,6-7H2,(H2,8,9);1H/b12-7+;;/t;4-;/m.0./s1. The van der Waals surface area contributed by atoms with Gasteiger partial charge in [-0.2, -0.15) is 5.26 Å². The van der Waals surface area contributed by atoms with Gasteiger partial charge in [0.15, 0.2) is 5.75 Å². The Hall–Kier alpha value is -3.17. The molecule has 0 saturated carbocycles. The normalized spacial score (nSPS) is 11.2. The summed E-state index contributed by atoms with van der Waals surface area (Å²) in [5, 5.41) is 10.1. The number of ether oxygens (including phenoxy) is 4. The number of nitriles is 1. The zero-order chi connectivity index (χ0) is 25.7. The Morgan fingerprint density at radius 1 is 1.14 bits per heavy atom. The summed E-state index contributed by atoms with van der Waals surface area (Å²) in [5.74, 6) is 1.27. The summed E-state index contributed by atoms with van der Waals surface area (Å²) in [6.07, 6.45) is 3.53. The fraction of sp³-hybridized carbons (Fsp3) is 0.391. The number of nitrogen functional groups attached to an aromatic ring is 1. The van der Waals surface area contributed by atoms with Gasteiger partial charge < -0.3 is 41.9 Å². The molecule has 0 fully saturated rings. The highest BCUT2D eigenvalue weighted by molar-refractivity contribution is 7.14. The van der Waals surface area contributed by atoms with Crippen LogP contribution in [0.15, 0.2) is 23.8 Å². The number of amides is 1. The molecule has 8 N–H and O–H groups in total. The summed E-state index contributed by atoms with van der Waals surface area (Å²) < 4.78 is 21.2. The highest BCUT2D eigenvalue weighted by Crippen LogP contribution is 2.48. The molecule has 0 bridgehead atoms. The third kappa shape index (κ3) is 9.54. The summed E-state index contributed by atoms with van der Waals surface area (Å²) in [7, 11) is 6.25. The van der Waals surface area contributed by atoms with Crippen molar-refractivity contribution in [2.24, 2.45) is 17.2 Å². The van der Waals surface area contributed by atoms with Gasteiger partial charge >= 0.3 is 0 Å². The molecule has 10 nitrogen and oxygen atoms in total. The second-order valence-corrected chi connectivity index (χ2v) is 8.05. The van der Waals surface area contributed by atoms with E-state index in [0.29, 0.717) is 53.0 Å². The molecule has 1 aromatic carbocycles. The van der Waals surface area contributed by atoms with E-state index in [1.165, 1.54) is 11.3 Å². The molecule has 0 spiro atoms. The summed E-state index contributed by atoms with van der Waals surface area (Å²) in [6, 6.07) is 7.09. The molecule has 35 heavy (non-hydrogen) atoms. The lowest BCUT2D eigenvalue weighted by Gasteiger charge is -2.06. The highest BCUT2D eigenvalue weighted by atomic mass is 35.5. The second-order valence-electron chi connectivity index (χ2n) is 6.98. The maximum absolute atomic E-state index is 10.3. The Bertz CT molecular complexity index is 1020. The number of halogens is 1. The van der Waals surface area contributed by atoms with Crippen molar-refractivity contribution >= 4 is 41.4 Å². The molecule has 2 aromatic rings. The Balaban J connectivity index is 0.000000989. The van der Waals surface area contributed by atoms with Crippen molar-refractivity contribution in [1.29, 1.82) is 5.26 Å². The maximum Gasteiger partial charge on any atom is 0.234 e. The monoisotopic (exact) mass is 527 g/mol. The van der Waals surface area contributed by atoms with Crippen LogP contribution in [0.3, 0.4) is 0 Å². The number of primary amides is 1. The summed E-state index contributed by atoms with van der Waals surface area (Å²) in [6.45, 7) is 0.557. The van der Waals surface area contributed by atoms with Crippen molar-refractivity contribution in [2.45, 2.75) is 25.3 Å². The predicted octanol–water partition coefficient (Wildman–Crippen LogP) is 2.47. The Kier molecular flexibility index (Phi) is 15.0. The van der Waals surface area contributed by atoms with E-state index in [2.05, 4.69) is 6.07 Å². The summed E-state index contributed by atoms with van der Waals surface area (Å²) >= 11 is 1.39. The zero-order valence-corrected chi connectivity index (χ0v) is 22.0. The van der Waals surface area contributed by atoms with Gasteiger partial charge in [-0.05, 0) is 43.2 Å². The minimum Gasteiger partial charge on any atom is -0.495 e. The fourth-order valence-electron chi connectivity index (χ4n) is 2.88. The van der Waals surface area contributed by atoms with Crippen molar-refractivity contribution < 1.29 is 23.7 Å². The first-order valence-corrected chi connectivity index (χ1v) is 11.1. The van der Waals surface area contributed by atoms with Crippen LogP contribution < -0.4 is 41.9 Å². The number of benzene rings is 1. The molecule has 194 valence electrons. The van der Waals surface area contributed by atoms with Crippen molar-refractivity contribution in [3.05, 3.63) is 34.2 Å². The van der Waals surface area contributed by atoms with Crippen LogP contribution in [0.4, 0.5) is 5.69 Å². The van der Waals surface area contributed by atoms with Crippen LogP contribution in [0.2, 0.25) is 0 Å². The van der Waals surface area contributed by atoms with Crippen molar-refractivity contribution in [1.82, 2.24) is 0 Å². The van der Waals surface area contributed by atoms with Crippen LogP contribution in [0, 0.1) is 11.3 Å². The molecule has 1 aromatic heterocycles. The first-order valence-electron chi connectivity index (χ1n) is 10.3. The van der Waals surface area contributed by atoms with E-state index in [4.69, 9.17) is 41.9 Å². The van der Waals surface area contributed by atoms with Gasteiger partial charge in [-0.1, -0.05) is 17.4 Å². The molecule has 0 aliphatic heterocycles. The number of nitrogens with two attached hydrogens (primary N) is 4. The van der Waals surface area contributed by atoms with Crippen LogP contribution in [-0.2, 0) is 11.2 Å². The van der Waals surface area contributed by atoms with Gasteiger partial charge in [0.1, 0.15) is 5.75 Å². The number of hydrogen-bond acceptors (Lipinski definition) is 10. The Labute approximate surface area is 216 Å². The molecule has 0 unspecified atom stereocenters.